The van der Waals surface area contributed by atoms with Crippen molar-refractivity contribution in [1.29, 1.82) is 5.26 Å². The maximum absolute atomic E-state index is 9.20. The van der Waals surface area contributed by atoms with Gasteiger partial charge >= 0.3 is 0 Å². The highest BCUT2D eigenvalue weighted by atomic mass is 35.5. The Morgan fingerprint density at radius 2 is 2.19 bits per heavy atom. The lowest BCUT2D eigenvalue weighted by Crippen LogP contribution is -2.05. The molecule has 0 N–H and O–H groups in total. The van der Waals surface area contributed by atoms with Crippen molar-refractivity contribution >= 4 is 22.6 Å². The summed E-state index contributed by atoms with van der Waals surface area (Å²) in [6, 6.07) is 9.79. The lowest BCUT2D eigenvalue weighted by atomic mass is 10.1. The minimum atomic E-state index is 0.309. The molecule has 3 aromatic rings. The molecule has 5 heteroatoms. The SMILES string of the molecule is Cc1cnccc1Cn1c(CCl)nc2c(C#N)cccc21. The summed E-state index contributed by atoms with van der Waals surface area (Å²) < 4.78 is 2.06. The van der Waals surface area contributed by atoms with Gasteiger partial charge in [0.2, 0.25) is 0 Å². The van der Waals surface area contributed by atoms with Crippen LogP contribution in [-0.2, 0) is 12.4 Å². The molecular weight excluding hydrogens is 284 g/mol. The summed E-state index contributed by atoms with van der Waals surface area (Å²) in [6.45, 7) is 2.70. The highest BCUT2D eigenvalue weighted by Gasteiger charge is 2.13. The third-order valence-corrected chi connectivity index (χ3v) is 3.80. The Morgan fingerprint density at radius 3 is 2.90 bits per heavy atom. The van der Waals surface area contributed by atoms with Crippen molar-refractivity contribution < 1.29 is 0 Å². The molecule has 0 bridgehead atoms. The smallest absolute Gasteiger partial charge is 0.125 e. The molecule has 21 heavy (non-hydrogen) atoms. The van der Waals surface area contributed by atoms with Gasteiger partial charge in [0.25, 0.3) is 0 Å². The number of hydrogen-bond acceptors (Lipinski definition) is 3. The normalized spacial score (nSPS) is 10.7. The third kappa shape index (κ3) is 2.37. The zero-order chi connectivity index (χ0) is 14.8. The van der Waals surface area contributed by atoms with E-state index in [0.717, 1.165) is 22.5 Å². The predicted octanol–water partition coefficient (Wildman–Crippen LogP) is 3.40. The first-order chi connectivity index (χ1) is 10.2. The Balaban J connectivity index is 2.18. The Hall–Kier alpha value is -2.38. The maximum Gasteiger partial charge on any atom is 0.125 e. The predicted molar refractivity (Wildman–Crippen MR) is 82.1 cm³/mol. The third-order valence-electron chi connectivity index (χ3n) is 3.56. The largest absolute Gasteiger partial charge is 0.322 e. The van der Waals surface area contributed by atoms with Crippen molar-refractivity contribution in [3.8, 4) is 6.07 Å². The first-order valence-corrected chi connectivity index (χ1v) is 7.11. The molecule has 0 spiro atoms. The lowest BCUT2D eigenvalue weighted by molar-refractivity contribution is 0.772. The number of fused-ring (bicyclic) bond motifs is 1. The zero-order valence-electron chi connectivity index (χ0n) is 11.5. The van der Waals surface area contributed by atoms with E-state index in [2.05, 4.69) is 20.6 Å². The number of nitrogens with zero attached hydrogens (tertiary/aromatic N) is 4. The van der Waals surface area contributed by atoms with E-state index in [4.69, 9.17) is 11.6 Å². The molecule has 0 aliphatic heterocycles. The molecule has 0 saturated carbocycles. The molecule has 0 aliphatic rings. The van der Waals surface area contributed by atoms with Gasteiger partial charge in [0.05, 0.1) is 17.0 Å². The molecule has 0 aliphatic carbocycles. The first kappa shape index (κ1) is 13.6. The van der Waals surface area contributed by atoms with Crippen LogP contribution in [0.15, 0.2) is 36.7 Å². The van der Waals surface area contributed by atoms with Crippen molar-refractivity contribution in [3.63, 3.8) is 0 Å². The molecule has 4 nitrogen and oxygen atoms in total. The van der Waals surface area contributed by atoms with Crippen LogP contribution in [0.5, 0.6) is 0 Å². The van der Waals surface area contributed by atoms with E-state index in [-0.39, 0.29) is 0 Å². The van der Waals surface area contributed by atoms with Gasteiger partial charge in [-0.1, -0.05) is 6.07 Å². The van der Waals surface area contributed by atoms with Gasteiger partial charge in [0.15, 0.2) is 0 Å². The fourth-order valence-corrected chi connectivity index (χ4v) is 2.62. The summed E-state index contributed by atoms with van der Waals surface area (Å²) in [5, 5.41) is 9.20. The van der Waals surface area contributed by atoms with Crippen LogP contribution >= 0.6 is 11.6 Å². The zero-order valence-corrected chi connectivity index (χ0v) is 12.3. The number of nitriles is 1. The molecule has 3 rings (SSSR count). The fraction of sp³-hybridized carbons (Fsp3) is 0.188. The standard InChI is InChI=1S/C16H13ClN4/c1-11-9-19-6-5-13(11)10-21-14-4-2-3-12(8-18)16(14)20-15(21)7-17/h2-6,9H,7,10H2,1H3. The molecule has 1 aromatic carbocycles. The molecule has 0 atom stereocenters. The summed E-state index contributed by atoms with van der Waals surface area (Å²) in [5.41, 5.74) is 4.50. The molecule has 0 radical (unpaired) electrons. The van der Waals surface area contributed by atoms with E-state index >= 15 is 0 Å². The highest BCUT2D eigenvalue weighted by Crippen LogP contribution is 2.22. The average Bonchev–Trinajstić information content (AvgIpc) is 2.87. The van der Waals surface area contributed by atoms with Crippen molar-refractivity contribution in [2.75, 3.05) is 0 Å². The number of halogens is 1. The van der Waals surface area contributed by atoms with Crippen LogP contribution in [0.3, 0.4) is 0 Å². The first-order valence-electron chi connectivity index (χ1n) is 6.58. The molecule has 2 heterocycles. The van der Waals surface area contributed by atoms with Crippen molar-refractivity contribution in [1.82, 2.24) is 14.5 Å². The van der Waals surface area contributed by atoms with Crippen LogP contribution in [-0.4, -0.2) is 14.5 Å². The Morgan fingerprint density at radius 1 is 1.33 bits per heavy atom. The molecule has 0 unspecified atom stereocenters. The van der Waals surface area contributed by atoms with Gasteiger partial charge in [-0.3, -0.25) is 4.98 Å². The van der Waals surface area contributed by atoms with E-state index < -0.39 is 0 Å². The second-order valence-electron chi connectivity index (χ2n) is 4.84. The van der Waals surface area contributed by atoms with Crippen LogP contribution in [0.25, 0.3) is 11.0 Å². The van der Waals surface area contributed by atoms with Crippen LogP contribution in [0.2, 0.25) is 0 Å². The van der Waals surface area contributed by atoms with Gasteiger partial charge in [-0.2, -0.15) is 5.26 Å². The minimum Gasteiger partial charge on any atom is -0.322 e. The van der Waals surface area contributed by atoms with Gasteiger partial charge < -0.3 is 4.57 Å². The van der Waals surface area contributed by atoms with E-state index in [0.29, 0.717) is 23.5 Å². The quantitative estimate of drug-likeness (QED) is 0.696. The van der Waals surface area contributed by atoms with Crippen molar-refractivity contribution in [3.05, 3.63) is 59.2 Å². The summed E-state index contributed by atoms with van der Waals surface area (Å²) in [7, 11) is 0. The van der Waals surface area contributed by atoms with Gasteiger partial charge in [-0.05, 0) is 36.2 Å². The van der Waals surface area contributed by atoms with Crippen LogP contribution in [0, 0.1) is 18.3 Å². The Bertz CT molecular complexity index is 845. The monoisotopic (exact) mass is 296 g/mol. The number of aryl methyl sites for hydroxylation is 1. The van der Waals surface area contributed by atoms with E-state index in [1.54, 1.807) is 12.3 Å². The number of benzene rings is 1. The highest BCUT2D eigenvalue weighted by molar-refractivity contribution is 6.16. The van der Waals surface area contributed by atoms with Crippen LogP contribution in [0.1, 0.15) is 22.5 Å². The molecule has 0 fully saturated rings. The number of aromatic nitrogens is 3. The molecule has 0 saturated heterocycles. The summed E-state index contributed by atoms with van der Waals surface area (Å²) in [6.07, 6.45) is 3.62. The summed E-state index contributed by atoms with van der Waals surface area (Å²) in [4.78, 5) is 8.63. The van der Waals surface area contributed by atoms with Gasteiger partial charge in [-0.15, -0.1) is 11.6 Å². The minimum absolute atomic E-state index is 0.309. The summed E-state index contributed by atoms with van der Waals surface area (Å²) in [5.74, 6) is 1.08. The van der Waals surface area contributed by atoms with E-state index in [1.807, 2.05) is 31.3 Å². The average molecular weight is 297 g/mol. The van der Waals surface area contributed by atoms with Gasteiger partial charge in [-0.25, -0.2) is 4.98 Å². The summed E-state index contributed by atoms with van der Waals surface area (Å²) >= 11 is 6.03. The van der Waals surface area contributed by atoms with Crippen LogP contribution < -0.4 is 0 Å². The second kappa shape index (κ2) is 5.55. The Labute approximate surface area is 127 Å². The van der Waals surface area contributed by atoms with E-state index in [9.17, 15) is 5.26 Å². The molecule has 0 amide bonds. The van der Waals surface area contributed by atoms with Crippen molar-refractivity contribution in [2.24, 2.45) is 0 Å². The lowest BCUT2D eigenvalue weighted by Gasteiger charge is -2.10. The second-order valence-corrected chi connectivity index (χ2v) is 5.10. The number of pyridine rings is 1. The number of imidazole rings is 1. The molecular formula is C16H13ClN4. The van der Waals surface area contributed by atoms with Crippen LogP contribution in [0.4, 0.5) is 0 Å². The maximum atomic E-state index is 9.20. The topological polar surface area (TPSA) is 54.5 Å². The van der Waals surface area contributed by atoms with Gasteiger partial charge in [0, 0.05) is 18.9 Å². The number of hydrogen-bond donors (Lipinski definition) is 0. The number of para-hydroxylation sites is 1. The number of alkyl halides is 1. The number of rotatable bonds is 3. The van der Waals surface area contributed by atoms with E-state index in [1.165, 1.54) is 0 Å². The van der Waals surface area contributed by atoms with Gasteiger partial charge in [0.1, 0.15) is 17.4 Å². The Kier molecular flexibility index (Phi) is 3.59. The molecule has 104 valence electrons. The molecule has 2 aromatic heterocycles. The van der Waals surface area contributed by atoms with Crippen molar-refractivity contribution in [2.45, 2.75) is 19.3 Å². The fourth-order valence-electron chi connectivity index (χ4n) is 2.41.